The van der Waals surface area contributed by atoms with E-state index in [1.807, 2.05) is 6.20 Å². The van der Waals surface area contributed by atoms with Crippen LogP contribution in [0.5, 0.6) is 0 Å². The summed E-state index contributed by atoms with van der Waals surface area (Å²) in [5, 5.41) is 0. The van der Waals surface area contributed by atoms with Crippen LogP contribution in [0.15, 0.2) is 10.1 Å². The minimum absolute atomic E-state index is 0.0991. The molecule has 0 radical (unpaired) electrons. The van der Waals surface area contributed by atoms with Crippen LogP contribution in [0.1, 0.15) is 25.6 Å². The van der Waals surface area contributed by atoms with Crippen molar-refractivity contribution >= 4 is 27.3 Å². The first kappa shape index (κ1) is 11.1. The van der Waals surface area contributed by atoms with E-state index >= 15 is 0 Å². The van der Waals surface area contributed by atoms with Gasteiger partial charge in [-0.15, -0.1) is 11.3 Å². The third-order valence-electron chi connectivity index (χ3n) is 1.25. The second-order valence-corrected chi connectivity index (χ2v) is 6.20. The molecule has 0 aromatic carbocycles. The van der Waals surface area contributed by atoms with Crippen LogP contribution in [-0.2, 0) is 6.54 Å². The number of nitrogens with one attached hydrogen (secondary N) is 2. The summed E-state index contributed by atoms with van der Waals surface area (Å²) in [6.45, 7) is 7.15. The predicted molar refractivity (Wildman–Crippen MR) is 59.5 cm³/mol. The van der Waals surface area contributed by atoms with Crippen LogP contribution < -0.4 is 10.9 Å². The number of thiazole rings is 1. The summed E-state index contributed by atoms with van der Waals surface area (Å²) < 4.78 is 0.931. The van der Waals surface area contributed by atoms with E-state index in [2.05, 4.69) is 52.5 Å². The van der Waals surface area contributed by atoms with Crippen LogP contribution in [0.3, 0.4) is 0 Å². The molecule has 0 aliphatic rings. The van der Waals surface area contributed by atoms with Crippen molar-refractivity contribution in [3.05, 3.63) is 15.0 Å². The van der Waals surface area contributed by atoms with Gasteiger partial charge in [0.25, 0.3) is 0 Å². The average molecular weight is 264 g/mol. The minimum atomic E-state index is 0.0991. The quantitative estimate of drug-likeness (QED) is 0.822. The monoisotopic (exact) mass is 263 g/mol. The van der Waals surface area contributed by atoms with E-state index < -0.39 is 0 Å². The standard InChI is InChI=1S/C8H14BrN3S/c1-8(2,3)12-11-5-6-4-10-7(9)13-6/h4,11-12H,5H2,1-3H3. The van der Waals surface area contributed by atoms with E-state index in [0.29, 0.717) is 0 Å². The van der Waals surface area contributed by atoms with Gasteiger partial charge in [0, 0.05) is 23.2 Å². The van der Waals surface area contributed by atoms with Gasteiger partial charge in [-0.05, 0) is 36.7 Å². The first-order chi connectivity index (χ1) is 5.97. The summed E-state index contributed by atoms with van der Waals surface area (Å²) in [5.74, 6) is 0. The Morgan fingerprint density at radius 3 is 2.69 bits per heavy atom. The zero-order chi connectivity index (χ0) is 9.90. The highest BCUT2D eigenvalue weighted by Gasteiger charge is 2.07. The molecule has 0 fully saturated rings. The van der Waals surface area contributed by atoms with Crippen molar-refractivity contribution in [2.75, 3.05) is 0 Å². The number of hydrogen-bond acceptors (Lipinski definition) is 4. The molecule has 74 valence electrons. The van der Waals surface area contributed by atoms with E-state index in [-0.39, 0.29) is 5.54 Å². The Bertz CT molecular complexity index is 267. The van der Waals surface area contributed by atoms with Crippen molar-refractivity contribution in [3.63, 3.8) is 0 Å². The molecular formula is C8H14BrN3S. The van der Waals surface area contributed by atoms with Gasteiger partial charge < -0.3 is 0 Å². The lowest BCUT2D eigenvalue weighted by Crippen LogP contribution is -2.45. The minimum Gasteiger partial charge on any atom is -0.252 e. The fraction of sp³-hybridized carbons (Fsp3) is 0.625. The number of hydrogen-bond donors (Lipinski definition) is 2. The summed E-state index contributed by atoms with van der Waals surface area (Å²) in [6, 6.07) is 0. The van der Waals surface area contributed by atoms with E-state index in [1.54, 1.807) is 11.3 Å². The fourth-order valence-corrected chi connectivity index (χ4v) is 2.06. The molecule has 0 aliphatic heterocycles. The number of aromatic nitrogens is 1. The van der Waals surface area contributed by atoms with Crippen LogP contribution in [-0.4, -0.2) is 10.5 Å². The highest BCUT2D eigenvalue weighted by atomic mass is 79.9. The average Bonchev–Trinajstić information content (AvgIpc) is 2.33. The van der Waals surface area contributed by atoms with E-state index in [1.165, 1.54) is 4.88 Å². The van der Waals surface area contributed by atoms with Gasteiger partial charge in [0.05, 0.1) is 0 Å². The van der Waals surface area contributed by atoms with Crippen LogP contribution in [0.2, 0.25) is 0 Å². The van der Waals surface area contributed by atoms with Gasteiger partial charge in [0.15, 0.2) is 3.92 Å². The third-order valence-corrected chi connectivity index (χ3v) is 2.73. The smallest absolute Gasteiger partial charge is 0.159 e. The van der Waals surface area contributed by atoms with Gasteiger partial charge >= 0.3 is 0 Å². The van der Waals surface area contributed by atoms with Crippen LogP contribution in [0.25, 0.3) is 0 Å². The second kappa shape index (κ2) is 4.50. The van der Waals surface area contributed by atoms with Crippen molar-refractivity contribution in [2.24, 2.45) is 0 Å². The van der Waals surface area contributed by atoms with Gasteiger partial charge in [0.1, 0.15) is 0 Å². The molecule has 13 heavy (non-hydrogen) atoms. The molecule has 0 aliphatic carbocycles. The van der Waals surface area contributed by atoms with Gasteiger partial charge in [-0.1, -0.05) is 0 Å². The Kier molecular flexibility index (Phi) is 3.85. The predicted octanol–water partition coefficient (Wildman–Crippen LogP) is 2.30. The fourth-order valence-electron chi connectivity index (χ4n) is 0.762. The highest BCUT2D eigenvalue weighted by molar-refractivity contribution is 9.11. The maximum atomic E-state index is 4.10. The second-order valence-electron chi connectivity index (χ2n) is 3.81. The normalized spacial score (nSPS) is 12.0. The Morgan fingerprint density at radius 1 is 1.54 bits per heavy atom. The topological polar surface area (TPSA) is 37.0 Å². The molecular weight excluding hydrogens is 250 g/mol. The summed E-state index contributed by atoms with van der Waals surface area (Å²) >= 11 is 4.96. The SMILES string of the molecule is CC(C)(C)NNCc1cnc(Br)s1. The van der Waals surface area contributed by atoms with Crippen LogP contribution in [0.4, 0.5) is 0 Å². The molecule has 5 heteroatoms. The maximum absolute atomic E-state index is 4.10. The highest BCUT2D eigenvalue weighted by Crippen LogP contribution is 2.17. The number of hydrazine groups is 1. The number of rotatable bonds is 3. The molecule has 1 aromatic rings. The van der Waals surface area contributed by atoms with Gasteiger partial charge in [-0.2, -0.15) is 0 Å². The van der Waals surface area contributed by atoms with Crippen molar-refractivity contribution in [1.29, 1.82) is 0 Å². The van der Waals surface area contributed by atoms with Crippen molar-refractivity contribution in [3.8, 4) is 0 Å². The Labute approximate surface area is 91.1 Å². The first-order valence-electron chi connectivity index (χ1n) is 4.07. The Morgan fingerprint density at radius 2 is 2.23 bits per heavy atom. The molecule has 2 N–H and O–H groups in total. The summed E-state index contributed by atoms with van der Waals surface area (Å²) in [4.78, 5) is 5.31. The molecule has 0 unspecified atom stereocenters. The van der Waals surface area contributed by atoms with Gasteiger partial charge in [-0.25, -0.2) is 4.98 Å². The molecule has 0 saturated carbocycles. The molecule has 0 spiro atoms. The molecule has 0 atom stereocenters. The zero-order valence-corrected chi connectivity index (χ0v) is 10.4. The molecule has 1 heterocycles. The molecule has 1 aromatic heterocycles. The molecule has 1 rings (SSSR count). The molecule has 0 amide bonds. The van der Waals surface area contributed by atoms with Crippen molar-refractivity contribution in [2.45, 2.75) is 32.9 Å². The van der Waals surface area contributed by atoms with Crippen LogP contribution >= 0.6 is 27.3 Å². The Hall–Kier alpha value is 0.0300. The lowest BCUT2D eigenvalue weighted by molar-refractivity contribution is 0.356. The maximum Gasteiger partial charge on any atom is 0.159 e. The van der Waals surface area contributed by atoms with Crippen molar-refractivity contribution < 1.29 is 0 Å². The summed E-state index contributed by atoms with van der Waals surface area (Å²) in [5.41, 5.74) is 6.45. The number of nitrogens with zero attached hydrogens (tertiary/aromatic N) is 1. The summed E-state index contributed by atoms with van der Waals surface area (Å²) in [7, 11) is 0. The molecule has 0 saturated heterocycles. The van der Waals surface area contributed by atoms with Gasteiger partial charge in [0.2, 0.25) is 0 Å². The summed E-state index contributed by atoms with van der Waals surface area (Å²) in [6.07, 6.45) is 1.87. The third kappa shape index (κ3) is 4.71. The molecule has 3 nitrogen and oxygen atoms in total. The van der Waals surface area contributed by atoms with Crippen molar-refractivity contribution in [1.82, 2.24) is 15.8 Å². The van der Waals surface area contributed by atoms with E-state index in [9.17, 15) is 0 Å². The number of halogens is 1. The molecule has 0 bridgehead atoms. The lowest BCUT2D eigenvalue weighted by Gasteiger charge is -2.20. The largest absolute Gasteiger partial charge is 0.252 e. The van der Waals surface area contributed by atoms with E-state index in [0.717, 1.165) is 10.5 Å². The van der Waals surface area contributed by atoms with E-state index in [4.69, 9.17) is 0 Å². The zero-order valence-electron chi connectivity index (χ0n) is 8.02. The Balaban J connectivity index is 2.28. The van der Waals surface area contributed by atoms with Crippen LogP contribution in [0, 0.1) is 0 Å². The van der Waals surface area contributed by atoms with Gasteiger partial charge in [-0.3, -0.25) is 10.9 Å². The first-order valence-corrected chi connectivity index (χ1v) is 5.68. The lowest BCUT2D eigenvalue weighted by atomic mass is 10.1.